The lowest BCUT2D eigenvalue weighted by Gasteiger charge is -2.34. The molecule has 10 heteroatoms. The molecule has 2 heterocycles. The van der Waals surface area contributed by atoms with E-state index in [9.17, 15) is 4.79 Å². The number of nitrogens with zero attached hydrogens (tertiary/aromatic N) is 6. The molecule has 0 aliphatic carbocycles. The number of hydrogen-bond donors (Lipinski definition) is 0. The Morgan fingerprint density at radius 3 is 2.58 bits per heavy atom. The van der Waals surface area contributed by atoms with E-state index in [-0.39, 0.29) is 5.91 Å². The van der Waals surface area contributed by atoms with Gasteiger partial charge in [0.2, 0.25) is 0 Å². The summed E-state index contributed by atoms with van der Waals surface area (Å²) in [6, 6.07) is 13.0. The van der Waals surface area contributed by atoms with Crippen LogP contribution in [0.3, 0.4) is 0 Å². The van der Waals surface area contributed by atoms with E-state index >= 15 is 0 Å². The van der Waals surface area contributed by atoms with Gasteiger partial charge in [-0.2, -0.15) is 4.68 Å². The third-order valence-electron chi connectivity index (χ3n) is 5.11. The first-order chi connectivity index (χ1) is 15.0. The predicted octanol–water partition coefficient (Wildman–Crippen LogP) is 3.43. The quantitative estimate of drug-likeness (QED) is 0.511. The number of hydrogen-bond acceptors (Lipinski definition) is 6. The summed E-state index contributed by atoms with van der Waals surface area (Å²) in [5, 5.41) is 12.6. The molecule has 4 rings (SSSR count). The lowest BCUT2D eigenvalue weighted by atomic mass is 10.2. The van der Waals surface area contributed by atoms with Gasteiger partial charge in [-0.15, -0.1) is 5.10 Å². The van der Waals surface area contributed by atoms with Crippen LogP contribution in [0.2, 0.25) is 5.02 Å². The average Bonchev–Trinajstić information content (AvgIpc) is 3.24. The minimum atomic E-state index is -0.0508. The van der Waals surface area contributed by atoms with Crippen LogP contribution in [0.15, 0.2) is 46.9 Å². The summed E-state index contributed by atoms with van der Waals surface area (Å²) >= 11 is 9.63. The molecular weight excluding hydrogens is 484 g/mol. The van der Waals surface area contributed by atoms with E-state index in [2.05, 4.69) is 36.4 Å². The Bertz CT molecular complexity index is 1050. The highest BCUT2D eigenvalue weighted by Crippen LogP contribution is 2.23. The number of carbonyl (C=O) groups excluding carboxylic acids is 1. The van der Waals surface area contributed by atoms with Crippen molar-refractivity contribution >= 4 is 33.4 Å². The molecule has 8 nitrogen and oxygen atoms in total. The van der Waals surface area contributed by atoms with Gasteiger partial charge in [-0.1, -0.05) is 27.5 Å². The number of ether oxygens (including phenoxy) is 1. The smallest absolute Gasteiger partial charge is 0.255 e. The van der Waals surface area contributed by atoms with Crippen molar-refractivity contribution in [2.24, 2.45) is 0 Å². The molecule has 0 unspecified atom stereocenters. The molecule has 2 aromatic carbocycles. The summed E-state index contributed by atoms with van der Waals surface area (Å²) < 4.78 is 8.06. The Kier molecular flexibility index (Phi) is 6.84. The zero-order chi connectivity index (χ0) is 21.8. The van der Waals surface area contributed by atoms with Crippen LogP contribution in [0.5, 0.6) is 5.75 Å². The van der Waals surface area contributed by atoms with Gasteiger partial charge in [-0.3, -0.25) is 9.69 Å². The van der Waals surface area contributed by atoms with Crippen molar-refractivity contribution in [2.75, 3.05) is 32.8 Å². The van der Waals surface area contributed by atoms with Crippen LogP contribution in [0.4, 0.5) is 0 Å². The lowest BCUT2D eigenvalue weighted by molar-refractivity contribution is 0.0624. The molecule has 3 aromatic rings. The van der Waals surface area contributed by atoms with Crippen LogP contribution in [-0.2, 0) is 6.54 Å². The number of rotatable bonds is 6. The van der Waals surface area contributed by atoms with Crippen molar-refractivity contribution in [3.05, 3.63) is 63.3 Å². The molecule has 1 aliphatic rings. The zero-order valence-corrected chi connectivity index (χ0v) is 19.4. The van der Waals surface area contributed by atoms with Crippen LogP contribution >= 0.6 is 27.5 Å². The van der Waals surface area contributed by atoms with E-state index < -0.39 is 0 Å². The number of piperazine rings is 1. The van der Waals surface area contributed by atoms with Crippen molar-refractivity contribution < 1.29 is 9.53 Å². The second-order valence-electron chi connectivity index (χ2n) is 7.13. The molecule has 1 saturated heterocycles. The Morgan fingerprint density at radius 1 is 1.13 bits per heavy atom. The molecule has 1 aromatic heterocycles. The molecule has 1 aliphatic heterocycles. The number of amides is 1. The predicted molar refractivity (Wildman–Crippen MR) is 121 cm³/mol. The summed E-state index contributed by atoms with van der Waals surface area (Å²) in [5.74, 6) is 1.51. The first-order valence-electron chi connectivity index (χ1n) is 10.0. The first-order valence-corrected chi connectivity index (χ1v) is 11.2. The van der Waals surface area contributed by atoms with E-state index in [1.807, 2.05) is 42.2 Å². The molecule has 31 heavy (non-hydrogen) atoms. The van der Waals surface area contributed by atoms with E-state index in [0.29, 0.717) is 36.8 Å². The molecule has 0 spiro atoms. The van der Waals surface area contributed by atoms with Crippen LogP contribution < -0.4 is 4.74 Å². The molecule has 0 radical (unpaired) electrons. The van der Waals surface area contributed by atoms with Gasteiger partial charge in [-0.25, -0.2) is 0 Å². The zero-order valence-electron chi connectivity index (χ0n) is 17.0. The summed E-state index contributed by atoms with van der Waals surface area (Å²) in [6.45, 7) is 5.87. The Labute approximate surface area is 193 Å². The van der Waals surface area contributed by atoms with Gasteiger partial charge in [0.05, 0.1) is 29.4 Å². The van der Waals surface area contributed by atoms with Gasteiger partial charge in [0.1, 0.15) is 5.75 Å². The summed E-state index contributed by atoms with van der Waals surface area (Å²) in [4.78, 5) is 16.9. The minimum Gasteiger partial charge on any atom is -0.494 e. The molecule has 0 atom stereocenters. The molecule has 1 fully saturated rings. The largest absolute Gasteiger partial charge is 0.494 e. The van der Waals surface area contributed by atoms with Crippen LogP contribution in [0.25, 0.3) is 5.69 Å². The fourth-order valence-corrected chi connectivity index (χ4v) is 4.06. The Morgan fingerprint density at radius 2 is 1.87 bits per heavy atom. The minimum absolute atomic E-state index is 0.0508. The first kappa shape index (κ1) is 21.7. The van der Waals surface area contributed by atoms with Crippen LogP contribution in [-0.4, -0.2) is 68.7 Å². The van der Waals surface area contributed by atoms with E-state index in [1.165, 1.54) is 0 Å². The maximum Gasteiger partial charge on any atom is 0.255 e. The van der Waals surface area contributed by atoms with Crippen LogP contribution in [0.1, 0.15) is 23.1 Å². The Hall–Kier alpha value is -2.49. The third-order valence-corrected chi connectivity index (χ3v) is 5.93. The molecule has 0 saturated carbocycles. The molecule has 0 N–H and O–H groups in total. The number of halogens is 2. The summed E-state index contributed by atoms with van der Waals surface area (Å²) in [6.07, 6.45) is 0. The highest BCUT2D eigenvalue weighted by molar-refractivity contribution is 9.10. The maximum atomic E-state index is 12.9. The highest BCUT2D eigenvalue weighted by atomic mass is 79.9. The standard InChI is InChI=1S/C21H22BrClN6O2/c1-2-31-17-6-4-16(5-7-17)29-20(24-25-26-29)14-27-9-11-28(12-10-27)21(30)18-13-15(22)3-8-19(18)23/h3-8,13H,2,9-12,14H2,1H3. The van der Waals surface area contributed by atoms with Gasteiger partial charge in [0, 0.05) is 30.7 Å². The average molecular weight is 506 g/mol. The lowest BCUT2D eigenvalue weighted by Crippen LogP contribution is -2.48. The number of carbonyl (C=O) groups is 1. The summed E-state index contributed by atoms with van der Waals surface area (Å²) in [7, 11) is 0. The van der Waals surface area contributed by atoms with Crippen molar-refractivity contribution in [3.8, 4) is 11.4 Å². The molecule has 1 amide bonds. The molecule has 0 bridgehead atoms. The second-order valence-corrected chi connectivity index (χ2v) is 8.45. The fourth-order valence-electron chi connectivity index (χ4n) is 3.50. The topological polar surface area (TPSA) is 76.4 Å². The third kappa shape index (κ3) is 5.06. The van der Waals surface area contributed by atoms with E-state index in [4.69, 9.17) is 16.3 Å². The number of tetrazole rings is 1. The van der Waals surface area contributed by atoms with Crippen molar-refractivity contribution in [1.29, 1.82) is 0 Å². The molecular formula is C21H22BrClN6O2. The van der Waals surface area contributed by atoms with Crippen molar-refractivity contribution in [3.63, 3.8) is 0 Å². The van der Waals surface area contributed by atoms with Gasteiger partial charge >= 0.3 is 0 Å². The summed E-state index contributed by atoms with van der Waals surface area (Å²) in [5.41, 5.74) is 1.39. The molecule has 162 valence electrons. The van der Waals surface area contributed by atoms with Gasteiger partial charge < -0.3 is 9.64 Å². The van der Waals surface area contributed by atoms with Gasteiger partial charge in [0.15, 0.2) is 5.82 Å². The van der Waals surface area contributed by atoms with E-state index in [0.717, 1.165) is 34.8 Å². The van der Waals surface area contributed by atoms with E-state index in [1.54, 1.807) is 16.8 Å². The number of aromatic nitrogens is 4. The van der Waals surface area contributed by atoms with Gasteiger partial charge in [0.25, 0.3) is 5.91 Å². The van der Waals surface area contributed by atoms with Crippen molar-refractivity contribution in [1.82, 2.24) is 30.0 Å². The highest BCUT2D eigenvalue weighted by Gasteiger charge is 2.25. The number of benzene rings is 2. The van der Waals surface area contributed by atoms with Gasteiger partial charge in [-0.05, 0) is 59.8 Å². The monoisotopic (exact) mass is 504 g/mol. The second kappa shape index (κ2) is 9.76. The van der Waals surface area contributed by atoms with Crippen LogP contribution in [0, 0.1) is 0 Å². The SMILES string of the molecule is CCOc1ccc(-n2nnnc2CN2CCN(C(=O)c3cc(Br)ccc3Cl)CC2)cc1. The normalized spacial score (nSPS) is 14.6. The van der Waals surface area contributed by atoms with Crippen molar-refractivity contribution in [2.45, 2.75) is 13.5 Å². The fraction of sp³-hybridized carbons (Fsp3) is 0.333. The Balaban J connectivity index is 1.38. The maximum absolute atomic E-state index is 12.9.